The summed E-state index contributed by atoms with van der Waals surface area (Å²) in [5, 5.41) is 4.31. The number of rotatable bonds is 9. The number of para-hydroxylation sites is 1. The Labute approximate surface area is 186 Å². The fraction of sp³-hybridized carbons (Fsp3) is 0.375. The Bertz CT molecular complexity index is 1130. The van der Waals surface area contributed by atoms with Crippen molar-refractivity contribution in [3.05, 3.63) is 70.0 Å². The topological polar surface area (TPSA) is 73.2 Å². The quantitative estimate of drug-likeness (QED) is 0.314. The van der Waals surface area contributed by atoms with Crippen molar-refractivity contribution < 1.29 is 9.53 Å². The number of ether oxygens (including phenoxy) is 1. The summed E-state index contributed by atoms with van der Waals surface area (Å²) < 4.78 is 7.09. The van der Waals surface area contributed by atoms with Crippen molar-refractivity contribution in [1.29, 1.82) is 0 Å². The Kier molecular flexibility index (Phi) is 7.04. The number of aromatic nitrogens is 2. The number of carbonyl (C=O) groups is 1. The van der Waals surface area contributed by atoms with Crippen molar-refractivity contribution in [2.75, 3.05) is 19.0 Å². The van der Waals surface area contributed by atoms with Gasteiger partial charge in [0.15, 0.2) is 5.16 Å². The van der Waals surface area contributed by atoms with Crippen LogP contribution in [-0.4, -0.2) is 34.4 Å². The lowest BCUT2D eigenvalue weighted by Crippen LogP contribution is -2.29. The number of thioether (sulfide) groups is 1. The van der Waals surface area contributed by atoms with Gasteiger partial charge in [0, 0.05) is 19.8 Å². The first kappa shape index (κ1) is 21.6. The number of nitrogens with one attached hydrogen (secondary N) is 1. The molecule has 0 saturated heterocycles. The molecule has 0 bridgehead atoms. The molecule has 7 heteroatoms. The lowest BCUT2D eigenvalue weighted by Gasteiger charge is -2.15. The van der Waals surface area contributed by atoms with Crippen LogP contribution in [0.5, 0.6) is 0 Å². The van der Waals surface area contributed by atoms with Gasteiger partial charge in [0.1, 0.15) is 0 Å². The number of benzene rings is 2. The molecule has 1 N–H and O–H groups in total. The van der Waals surface area contributed by atoms with Crippen molar-refractivity contribution in [2.45, 2.75) is 43.9 Å². The molecule has 0 spiro atoms. The van der Waals surface area contributed by atoms with Crippen LogP contribution < -0.4 is 10.9 Å². The first-order valence-electron chi connectivity index (χ1n) is 10.7. The van der Waals surface area contributed by atoms with Gasteiger partial charge in [-0.1, -0.05) is 48.2 Å². The lowest BCUT2D eigenvalue weighted by atomic mass is 10.1. The number of aryl methyl sites for hydroxylation is 1. The van der Waals surface area contributed by atoms with Crippen LogP contribution in [0.25, 0.3) is 10.9 Å². The van der Waals surface area contributed by atoms with Gasteiger partial charge in [-0.3, -0.25) is 14.2 Å². The molecule has 2 aromatic carbocycles. The van der Waals surface area contributed by atoms with E-state index in [4.69, 9.17) is 4.74 Å². The van der Waals surface area contributed by atoms with Gasteiger partial charge in [-0.15, -0.1) is 0 Å². The van der Waals surface area contributed by atoms with Crippen LogP contribution in [0.15, 0.2) is 58.5 Å². The van der Waals surface area contributed by atoms with Crippen LogP contribution in [-0.2, 0) is 22.5 Å². The highest BCUT2D eigenvalue weighted by molar-refractivity contribution is 7.99. The molecule has 1 heterocycles. The van der Waals surface area contributed by atoms with Gasteiger partial charge in [-0.05, 0) is 49.4 Å². The number of amides is 1. The molecule has 162 valence electrons. The fourth-order valence-corrected chi connectivity index (χ4v) is 4.83. The summed E-state index contributed by atoms with van der Waals surface area (Å²) in [4.78, 5) is 30.4. The molecule has 1 aromatic heterocycles. The predicted octanol–water partition coefficient (Wildman–Crippen LogP) is 3.72. The number of fused-ring (bicyclic) bond motifs is 2. The second-order valence-corrected chi connectivity index (χ2v) is 8.51. The van der Waals surface area contributed by atoms with Crippen molar-refractivity contribution in [2.24, 2.45) is 0 Å². The van der Waals surface area contributed by atoms with Gasteiger partial charge in [0.25, 0.3) is 5.56 Å². The molecule has 1 atom stereocenters. The van der Waals surface area contributed by atoms with E-state index in [0.29, 0.717) is 42.2 Å². The molecular formula is C24H27N3O3S. The Balaban J connectivity index is 1.48. The zero-order chi connectivity index (χ0) is 21.6. The average molecular weight is 438 g/mol. The van der Waals surface area contributed by atoms with E-state index >= 15 is 0 Å². The minimum absolute atomic E-state index is 0.0463. The highest BCUT2D eigenvalue weighted by Crippen LogP contribution is 2.30. The van der Waals surface area contributed by atoms with Crippen LogP contribution in [0.2, 0.25) is 0 Å². The van der Waals surface area contributed by atoms with Crippen molar-refractivity contribution >= 4 is 28.6 Å². The molecular weight excluding hydrogens is 410 g/mol. The maximum atomic E-state index is 13.0. The molecule has 6 nitrogen and oxygen atoms in total. The van der Waals surface area contributed by atoms with Gasteiger partial charge in [-0.25, -0.2) is 4.98 Å². The first-order chi connectivity index (χ1) is 15.2. The van der Waals surface area contributed by atoms with Gasteiger partial charge < -0.3 is 10.1 Å². The Morgan fingerprint density at radius 2 is 2.03 bits per heavy atom. The molecule has 0 aliphatic heterocycles. The number of hydrogen-bond acceptors (Lipinski definition) is 5. The average Bonchev–Trinajstić information content (AvgIpc) is 3.19. The summed E-state index contributed by atoms with van der Waals surface area (Å²) in [7, 11) is 0. The summed E-state index contributed by atoms with van der Waals surface area (Å²) in [6.07, 6.45) is 2.62. The molecule has 0 saturated carbocycles. The lowest BCUT2D eigenvalue weighted by molar-refractivity contribution is -0.119. The van der Waals surface area contributed by atoms with Crippen molar-refractivity contribution in [3.8, 4) is 0 Å². The van der Waals surface area contributed by atoms with E-state index in [1.807, 2.05) is 37.3 Å². The van der Waals surface area contributed by atoms with Gasteiger partial charge >= 0.3 is 0 Å². The van der Waals surface area contributed by atoms with Crippen LogP contribution >= 0.6 is 11.8 Å². The van der Waals surface area contributed by atoms with E-state index < -0.39 is 0 Å². The van der Waals surface area contributed by atoms with E-state index in [1.165, 1.54) is 22.9 Å². The van der Waals surface area contributed by atoms with E-state index in [-0.39, 0.29) is 23.3 Å². The minimum Gasteiger partial charge on any atom is -0.382 e. The van der Waals surface area contributed by atoms with Gasteiger partial charge in [0.05, 0.1) is 22.7 Å². The highest BCUT2D eigenvalue weighted by atomic mass is 32.2. The van der Waals surface area contributed by atoms with E-state index in [9.17, 15) is 9.59 Å². The molecule has 4 rings (SSSR count). The van der Waals surface area contributed by atoms with E-state index in [0.717, 1.165) is 12.8 Å². The normalized spacial score (nSPS) is 15.2. The van der Waals surface area contributed by atoms with E-state index in [2.05, 4.69) is 22.4 Å². The molecule has 0 fully saturated rings. The Morgan fingerprint density at radius 3 is 2.90 bits per heavy atom. The maximum absolute atomic E-state index is 13.0. The number of hydrogen-bond donors (Lipinski definition) is 1. The minimum atomic E-state index is -0.0743. The van der Waals surface area contributed by atoms with Crippen LogP contribution in [0, 0.1) is 0 Å². The second-order valence-electron chi connectivity index (χ2n) is 7.57. The van der Waals surface area contributed by atoms with Crippen LogP contribution in [0.3, 0.4) is 0 Å². The smallest absolute Gasteiger partial charge is 0.262 e. The van der Waals surface area contributed by atoms with Crippen molar-refractivity contribution in [3.63, 3.8) is 0 Å². The largest absolute Gasteiger partial charge is 0.382 e. The standard InChI is InChI=1S/C24H27N3O3S/c1-2-30-15-7-14-27-23(29)19-10-5-6-11-20(19)26-24(27)31-16-22(28)25-21-13-12-17-8-3-4-9-18(17)21/h3-6,8-11,21H,2,7,12-16H2,1H3,(H,25,28)/t21-/m1/s1. The third kappa shape index (κ3) is 4.99. The van der Waals surface area contributed by atoms with Crippen LogP contribution in [0.4, 0.5) is 0 Å². The number of carbonyl (C=O) groups excluding carboxylic acids is 1. The molecule has 0 unspecified atom stereocenters. The molecule has 1 amide bonds. The summed E-state index contributed by atoms with van der Waals surface area (Å²) in [5.74, 6) is 0.171. The van der Waals surface area contributed by atoms with Gasteiger partial charge in [0.2, 0.25) is 5.91 Å². The third-order valence-corrected chi connectivity index (χ3v) is 6.48. The molecule has 1 aliphatic carbocycles. The molecule has 3 aromatic rings. The summed E-state index contributed by atoms with van der Waals surface area (Å²) in [6, 6.07) is 15.7. The monoisotopic (exact) mass is 437 g/mol. The molecule has 1 aliphatic rings. The summed E-state index contributed by atoms with van der Waals surface area (Å²) >= 11 is 1.31. The SMILES string of the molecule is CCOCCCn1c(SCC(=O)N[C@@H]2CCc3ccccc32)nc2ccccc2c1=O. The first-order valence-corrected chi connectivity index (χ1v) is 11.7. The fourth-order valence-electron chi connectivity index (χ4n) is 4.00. The van der Waals surface area contributed by atoms with Crippen molar-refractivity contribution in [1.82, 2.24) is 14.9 Å². The summed E-state index contributed by atoms with van der Waals surface area (Å²) in [5.41, 5.74) is 3.09. The number of nitrogens with zero attached hydrogens (tertiary/aromatic N) is 2. The Hall–Kier alpha value is -2.64. The molecule has 31 heavy (non-hydrogen) atoms. The maximum Gasteiger partial charge on any atom is 0.262 e. The van der Waals surface area contributed by atoms with Gasteiger partial charge in [-0.2, -0.15) is 0 Å². The van der Waals surface area contributed by atoms with Crippen LogP contribution in [0.1, 0.15) is 36.9 Å². The predicted molar refractivity (Wildman–Crippen MR) is 123 cm³/mol. The summed E-state index contributed by atoms with van der Waals surface area (Å²) in [6.45, 7) is 3.70. The zero-order valence-electron chi connectivity index (χ0n) is 17.7. The second kappa shape index (κ2) is 10.1. The highest BCUT2D eigenvalue weighted by Gasteiger charge is 2.23. The third-order valence-electron chi connectivity index (χ3n) is 5.50. The van der Waals surface area contributed by atoms with E-state index in [1.54, 1.807) is 10.6 Å². The zero-order valence-corrected chi connectivity index (χ0v) is 18.5. The molecule has 0 radical (unpaired) electrons. The Morgan fingerprint density at radius 1 is 1.23 bits per heavy atom.